The molecule has 0 unspecified atom stereocenters. The third-order valence-corrected chi connectivity index (χ3v) is 3.84. The highest BCUT2D eigenvalue weighted by Crippen LogP contribution is 2.18. The fraction of sp³-hybridized carbons (Fsp3) is 0.150. The molecular formula is C20H19FN4O. The standard InChI is InChI=1S/C20H19FN4O/c1-14(26)16-3-2-4-18(11-16)25-20-12-19(23-13-24-20)22-10-9-15-5-7-17(21)8-6-15/h2-8,11-13H,9-10H2,1H3,(H2,22,23,24,25). The summed E-state index contributed by atoms with van der Waals surface area (Å²) in [5, 5.41) is 6.39. The molecule has 132 valence electrons. The largest absolute Gasteiger partial charge is 0.370 e. The molecule has 2 aromatic carbocycles. The summed E-state index contributed by atoms with van der Waals surface area (Å²) in [4.78, 5) is 19.9. The van der Waals surface area contributed by atoms with Gasteiger partial charge in [0.15, 0.2) is 5.78 Å². The molecule has 0 aliphatic rings. The summed E-state index contributed by atoms with van der Waals surface area (Å²) in [5.74, 6) is 1.10. The molecule has 5 nitrogen and oxygen atoms in total. The number of hydrogen-bond acceptors (Lipinski definition) is 5. The fourth-order valence-electron chi connectivity index (χ4n) is 2.47. The number of nitrogens with zero attached hydrogens (tertiary/aromatic N) is 2. The highest BCUT2D eigenvalue weighted by molar-refractivity contribution is 5.95. The topological polar surface area (TPSA) is 66.9 Å². The van der Waals surface area contributed by atoms with E-state index in [1.54, 1.807) is 30.3 Å². The zero-order valence-corrected chi connectivity index (χ0v) is 14.4. The average molecular weight is 350 g/mol. The number of anilines is 3. The van der Waals surface area contributed by atoms with E-state index in [0.29, 0.717) is 23.7 Å². The predicted molar refractivity (Wildman–Crippen MR) is 100 cm³/mol. The smallest absolute Gasteiger partial charge is 0.159 e. The lowest BCUT2D eigenvalue weighted by molar-refractivity contribution is 0.101. The van der Waals surface area contributed by atoms with E-state index in [1.807, 2.05) is 12.1 Å². The van der Waals surface area contributed by atoms with Crippen LogP contribution in [0.2, 0.25) is 0 Å². The van der Waals surface area contributed by atoms with Crippen molar-refractivity contribution in [1.82, 2.24) is 9.97 Å². The van der Waals surface area contributed by atoms with Gasteiger partial charge in [0, 0.05) is 23.9 Å². The number of carbonyl (C=O) groups is 1. The molecule has 0 aliphatic carbocycles. The third-order valence-electron chi connectivity index (χ3n) is 3.84. The highest BCUT2D eigenvalue weighted by atomic mass is 19.1. The minimum atomic E-state index is -0.234. The Kier molecular flexibility index (Phi) is 5.53. The molecule has 0 fully saturated rings. The first-order valence-corrected chi connectivity index (χ1v) is 8.28. The Bertz CT molecular complexity index is 896. The van der Waals surface area contributed by atoms with Crippen molar-refractivity contribution in [3.8, 4) is 0 Å². The van der Waals surface area contributed by atoms with Gasteiger partial charge in [-0.05, 0) is 43.2 Å². The van der Waals surface area contributed by atoms with E-state index in [1.165, 1.54) is 25.4 Å². The second-order valence-electron chi connectivity index (χ2n) is 5.85. The van der Waals surface area contributed by atoms with Crippen LogP contribution in [-0.4, -0.2) is 22.3 Å². The quantitative estimate of drug-likeness (QED) is 0.625. The maximum atomic E-state index is 12.9. The molecule has 0 saturated heterocycles. The van der Waals surface area contributed by atoms with Crippen LogP contribution in [0.5, 0.6) is 0 Å². The summed E-state index contributed by atoms with van der Waals surface area (Å²) in [5.41, 5.74) is 2.47. The van der Waals surface area contributed by atoms with Gasteiger partial charge < -0.3 is 10.6 Å². The van der Waals surface area contributed by atoms with Crippen molar-refractivity contribution < 1.29 is 9.18 Å². The number of rotatable bonds is 7. The highest BCUT2D eigenvalue weighted by Gasteiger charge is 2.03. The Morgan fingerprint density at radius 1 is 1.04 bits per heavy atom. The molecule has 0 saturated carbocycles. The van der Waals surface area contributed by atoms with Crippen LogP contribution in [0.25, 0.3) is 0 Å². The minimum absolute atomic E-state index is 0.0134. The van der Waals surface area contributed by atoms with Gasteiger partial charge in [-0.15, -0.1) is 0 Å². The van der Waals surface area contributed by atoms with Gasteiger partial charge in [0.25, 0.3) is 0 Å². The molecule has 26 heavy (non-hydrogen) atoms. The predicted octanol–water partition coefficient (Wildman–Crippen LogP) is 4.22. The van der Waals surface area contributed by atoms with Crippen molar-refractivity contribution >= 4 is 23.1 Å². The Morgan fingerprint density at radius 2 is 1.81 bits per heavy atom. The van der Waals surface area contributed by atoms with Crippen molar-refractivity contribution in [2.75, 3.05) is 17.2 Å². The van der Waals surface area contributed by atoms with Crippen molar-refractivity contribution in [1.29, 1.82) is 0 Å². The number of nitrogens with one attached hydrogen (secondary N) is 2. The maximum absolute atomic E-state index is 12.9. The van der Waals surface area contributed by atoms with Gasteiger partial charge in [-0.25, -0.2) is 14.4 Å². The summed E-state index contributed by atoms with van der Waals surface area (Å²) in [7, 11) is 0. The van der Waals surface area contributed by atoms with Crippen molar-refractivity contribution in [3.05, 3.63) is 77.9 Å². The van der Waals surface area contributed by atoms with E-state index >= 15 is 0 Å². The van der Waals surface area contributed by atoms with Crippen LogP contribution in [0.15, 0.2) is 60.9 Å². The zero-order chi connectivity index (χ0) is 18.4. The summed E-state index contributed by atoms with van der Waals surface area (Å²) in [6, 6.07) is 15.5. The van der Waals surface area contributed by atoms with E-state index in [4.69, 9.17) is 0 Å². The number of Topliss-reactive ketones (excluding diaryl/α,β-unsaturated/α-hetero) is 1. The van der Waals surface area contributed by atoms with Crippen LogP contribution in [0.1, 0.15) is 22.8 Å². The van der Waals surface area contributed by atoms with Gasteiger partial charge in [-0.2, -0.15) is 0 Å². The third kappa shape index (κ3) is 4.86. The van der Waals surface area contributed by atoms with E-state index < -0.39 is 0 Å². The molecule has 0 bridgehead atoms. The first-order chi connectivity index (χ1) is 12.6. The lowest BCUT2D eigenvalue weighted by Gasteiger charge is -2.09. The molecule has 0 aliphatic heterocycles. The molecule has 0 amide bonds. The van der Waals surface area contributed by atoms with Gasteiger partial charge in [0.05, 0.1) is 0 Å². The van der Waals surface area contributed by atoms with Gasteiger partial charge in [0.2, 0.25) is 0 Å². The first-order valence-electron chi connectivity index (χ1n) is 8.28. The SMILES string of the molecule is CC(=O)c1cccc(Nc2cc(NCCc3ccc(F)cc3)ncn2)c1. The Hall–Kier alpha value is -3.28. The summed E-state index contributed by atoms with van der Waals surface area (Å²) < 4.78 is 12.9. The lowest BCUT2D eigenvalue weighted by Crippen LogP contribution is -2.07. The molecule has 1 heterocycles. The average Bonchev–Trinajstić information content (AvgIpc) is 2.64. The molecule has 6 heteroatoms. The minimum Gasteiger partial charge on any atom is -0.370 e. The molecule has 3 rings (SSSR count). The second-order valence-corrected chi connectivity index (χ2v) is 5.85. The molecule has 2 N–H and O–H groups in total. The van der Waals surface area contributed by atoms with Crippen LogP contribution < -0.4 is 10.6 Å². The van der Waals surface area contributed by atoms with Gasteiger partial charge in [0.1, 0.15) is 23.8 Å². The Labute approximate surface area is 151 Å². The fourth-order valence-corrected chi connectivity index (χ4v) is 2.47. The van der Waals surface area contributed by atoms with Gasteiger partial charge >= 0.3 is 0 Å². The van der Waals surface area contributed by atoms with Crippen LogP contribution in [-0.2, 0) is 6.42 Å². The number of halogens is 1. The van der Waals surface area contributed by atoms with E-state index in [2.05, 4.69) is 20.6 Å². The summed E-state index contributed by atoms with van der Waals surface area (Å²) in [6.07, 6.45) is 2.23. The number of ketones is 1. The zero-order valence-electron chi connectivity index (χ0n) is 14.4. The molecule has 0 spiro atoms. The summed E-state index contributed by atoms with van der Waals surface area (Å²) >= 11 is 0. The van der Waals surface area contributed by atoms with E-state index in [9.17, 15) is 9.18 Å². The van der Waals surface area contributed by atoms with Crippen molar-refractivity contribution in [2.24, 2.45) is 0 Å². The number of aromatic nitrogens is 2. The van der Waals surface area contributed by atoms with Gasteiger partial charge in [-0.3, -0.25) is 4.79 Å². The van der Waals surface area contributed by atoms with Crippen molar-refractivity contribution in [2.45, 2.75) is 13.3 Å². The van der Waals surface area contributed by atoms with E-state index in [0.717, 1.165) is 17.7 Å². The van der Waals surface area contributed by atoms with Crippen LogP contribution in [0.4, 0.5) is 21.7 Å². The second kappa shape index (κ2) is 8.20. The molecule has 0 atom stereocenters. The van der Waals surface area contributed by atoms with Crippen LogP contribution >= 0.6 is 0 Å². The molecule has 0 radical (unpaired) electrons. The molecule has 3 aromatic rings. The monoisotopic (exact) mass is 350 g/mol. The number of hydrogen-bond donors (Lipinski definition) is 2. The number of carbonyl (C=O) groups excluding carboxylic acids is 1. The maximum Gasteiger partial charge on any atom is 0.159 e. The Morgan fingerprint density at radius 3 is 2.58 bits per heavy atom. The lowest BCUT2D eigenvalue weighted by atomic mass is 10.1. The van der Waals surface area contributed by atoms with Crippen LogP contribution in [0, 0.1) is 5.82 Å². The Balaban J connectivity index is 1.60. The van der Waals surface area contributed by atoms with E-state index in [-0.39, 0.29) is 11.6 Å². The van der Waals surface area contributed by atoms with Gasteiger partial charge in [-0.1, -0.05) is 24.3 Å². The van der Waals surface area contributed by atoms with Crippen molar-refractivity contribution in [3.63, 3.8) is 0 Å². The molecule has 1 aromatic heterocycles. The normalized spacial score (nSPS) is 10.4. The summed E-state index contributed by atoms with van der Waals surface area (Å²) in [6.45, 7) is 2.20. The molecular weight excluding hydrogens is 331 g/mol. The number of benzene rings is 2. The first kappa shape index (κ1) is 17.5. The van der Waals surface area contributed by atoms with Crippen LogP contribution in [0.3, 0.4) is 0 Å².